The molecule has 1 saturated heterocycles. The minimum absolute atomic E-state index is 0.103. The molecule has 1 fully saturated rings. The minimum Gasteiger partial charge on any atom is -0.486 e. The summed E-state index contributed by atoms with van der Waals surface area (Å²) in [4.78, 5) is 26.8. The van der Waals surface area contributed by atoms with Gasteiger partial charge in [-0.05, 0) is 41.3 Å². The summed E-state index contributed by atoms with van der Waals surface area (Å²) in [5.74, 6) is 0.319. The summed E-state index contributed by atoms with van der Waals surface area (Å²) in [6, 6.07) is 16.2. The summed E-state index contributed by atoms with van der Waals surface area (Å²) in [5, 5.41) is 1.27. The Bertz CT molecular complexity index is 1250. The number of piperidine rings is 1. The topological polar surface area (TPSA) is 60.8 Å². The highest BCUT2D eigenvalue weighted by atomic mass is 16.5. The maximum absolute atomic E-state index is 13.0. The summed E-state index contributed by atoms with van der Waals surface area (Å²) in [7, 11) is 3.46. The Labute approximate surface area is 193 Å². The van der Waals surface area contributed by atoms with Gasteiger partial charge in [0, 0.05) is 56.8 Å². The van der Waals surface area contributed by atoms with Gasteiger partial charge in [-0.2, -0.15) is 0 Å². The number of aromatic nitrogens is 1. The zero-order valence-electron chi connectivity index (χ0n) is 19.0. The van der Waals surface area contributed by atoms with E-state index >= 15 is 0 Å². The van der Waals surface area contributed by atoms with Crippen molar-refractivity contribution in [1.29, 1.82) is 0 Å². The Morgan fingerprint density at radius 2 is 1.94 bits per heavy atom. The van der Waals surface area contributed by atoms with Gasteiger partial charge in [-0.15, -0.1) is 0 Å². The molecular formula is C27H28N2O4. The maximum atomic E-state index is 13.0. The number of ether oxygens (including phenoxy) is 2. The van der Waals surface area contributed by atoms with Crippen LogP contribution in [0.2, 0.25) is 0 Å². The molecule has 1 aromatic heterocycles. The average Bonchev–Trinajstić information content (AvgIpc) is 3.14. The number of nitrogens with zero attached hydrogens (tertiary/aromatic N) is 2. The summed E-state index contributed by atoms with van der Waals surface area (Å²) in [6.45, 7) is 2.68. The molecule has 2 aliphatic heterocycles. The predicted molar refractivity (Wildman–Crippen MR) is 127 cm³/mol. The molecule has 170 valence electrons. The lowest BCUT2D eigenvalue weighted by Gasteiger charge is -2.44. The van der Waals surface area contributed by atoms with Gasteiger partial charge in [0.2, 0.25) is 0 Å². The van der Waals surface area contributed by atoms with Crippen LogP contribution in [-0.4, -0.2) is 47.0 Å². The van der Waals surface area contributed by atoms with Gasteiger partial charge in [-0.3, -0.25) is 9.69 Å². The Balaban J connectivity index is 1.26. The first kappa shape index (κ1) is 21.5. The van der Waals surface area contributed by atoms with Crippen molar-refractivity contribution in [1.82, 2.24) is 9.47 Å². The normalized spacial score (nSPS) is 17.9. The third-order valence-corrected chi connectivity index (χ3v) is 6.93. The van der Waals surface area contributed by atoms with Crippen LogP contribution >= 0.6 is 0 Å². The van der Waals surface area contributed by atoms with Crippen LogP contribution in [0.15, 0.2) is 54.6 Å². The van der Waals surface area contributed by atoms with Gasteiger partial charge < -0.3 is 14.0 Å². The number of fused-ring (bicyclic) bond motifs is 2. The van der Waals surface area contributed by atoms with Crippen LogP contribution in [0.4, 0.5) is 0 Å². The highest BCUT2D eigenvalue weighted by molar-refractivity contribution is 6.01. The van der Waals surface area contributed by atoms with E-state index in [1.54, 1.807) is 12.1 Å². The Morgan fingerprint density at radius 1 is 1.15 bits per heavy atom. The number of carbonyl (C=O) groups is 2. The van der Waals surface area contributed by atoms with E-state index in [2.05, 4.69) is 51.6 Å². The first-order valence-electron chi connectivity index (χ1n) is 11.3. The van der Waals surface area contributed by atoms with Crippen LogP contribution in [-0.2, 0) is 23.1 Å². The van der Waals surface area contributed by atoms with E-state index in [4.69, 9.17) is 4.74 Å². The molecule has 0 unspecified atom stereocenters. The van der Waals surface area contributed by atoms with E-state index in [1.807, 2.05) is 12.1 Å². The SMILES string of the molecule is COC(=O)C=Cc1ccc2c(c1)C(=O)CC1(CCN(Cc3cc4ccccc4n3C)CC1)O2. The third kappa shape index (κ3) is 4.18. The lowest BCUT2D eigenvalue weighted by molar-refractivity contribution is -0.134. The zero-order valence-corrected chi connectivity index (χ0v) is 19.0. The molecule has 0 amide bonds. The number of carbonyl (C=O) groups excluding carboxylic acids is 2. The quantitative estimate of drug-likeness (QED) is 0.442. The van der Waals surface area contributed by atoms with Gasteiger partial charge in [0.15, 0.2) is 5.78 Å². The van der Waals surface area contributed by atoms with Gasteiger partial charge in [0.05, 0.1) is 19.1 Å². The Kier molecular flexibility index (Phi) is 5.54. The molecule has 3 aromatic rings. The number of rotatable bonds is 4. The second kappa shape index (κ2) is 8.52. The van der Waals surface area contributed by atoms with Crippen molar-refractivity contribution < 1.29 is 19.1 Å². The van der Waals surface area contributed by atoms with Crippen molar-refractivity contribution in [2.75, 3.05) is 20.2 Å². The highest BCUT2D eigenvalue weighted by Crippen LogP contribution is 2.40. The van der Waals surface area contributed by atoms with Crippen LogP contribution in [0.3, 0.4) is 0 Å². The summed E-state index contributed by atoms with van der Waals surface area (Å²) in [5.41, 5.74) is 3.48. The highest BCUT2D eigenvalue weighted by Gasteiger charge is 2.43. The van der Waals surface area contributed by atoms with Crippen molar-refractivity contribution in [2.24, 2.45) is 7.05 Å². The van der Waals surface area contributed by atoms with Crippen LogP contribution in [0.1, 0.15) is 40.9 Å². The number of ketones is 1. The van der Waals surface area contributed by atoms with Crippen molar-refractivity contribution in [3.63, 3.8) is 0 Å². The number of Topliss-reactive ketones (excluding diaryl/α,β-unsaturated/α-hetero) is 1. The van der Waals surface area contributed by atoms with E-state index in [9.17, 15) is 9.59 Å². The van der Waals surface area contributed by atoms with E-state index in [1.165, 1.54) is 29.8 Å². The van der Waals surface area contributed by atoms with Crippen molar-refractivity contribution in [2.45, 2.75) is 31.4 Å². The molecule has 33 heavy (non-hydrogen) atoms. The van der Waals surface area contributed by atoms with Crippen molar-refractivity contribution >= 4 is 28.7 Å². The number of hydrogen-bond acceptors (Lipinski definition) is 5. The number of benzene rings is 2. The van der Waals surface area contributed by atoms with E-state index in [0.717, 1.165) is 38.0 Å². The number of methoxy groups -OCH3 is 1. The van der Waals surface area contributed by atoms with Crippen LogP contribution in [0.25, 0.3) is 17.0 Å². The molecule has 5 rings (SSSR count). The number of aryl methyl sites for hydroxylation is 1. The van der Waals surface area contributed by atoms with E-state index in [-0.39, 0.29) is 5.78 Å². The van der Waals surface area contributed by atoms with Gasteiger partial charge >= 0.3 is 5.97 Å². The molecule has 6 nitrogen and oxygen atoms in total. The molecule has 0 atom stereocenters. The van der Waals surface area contributed by atoms with Crippen LogP contribution in [0.5, 0.6) is 5.75 Å². The molecule has 2 aliphatic rings. The lowest BCUT2D eigenvalue weighted by atomic mass is 9.82. The Morgan fingerprint density at radius 3 is 2.70 bits per heavy atom. The zero-order chi connectivity index (χ0) is 23.0. The van der Waals surface area contributed by atoms with Crippen molar-refractivity contribution in [3.8, 4) is 5.75 Å². The number of hydrogen-bond donors (Lipinski definition) is 0. The fraction of sp³-hybridized carbons (Fsp3) is 0.333. The monoisotopic (exact) mass is 444 g/mol. The Hall–Kier alpha value is -3.38. The largest absolute Gasteiger partial charge is 0.486 e. The van der Waals surface area contributed by atoms with Gasteiger partial charge in [0.1, 0.15) is 11.4 Å². The standard InChI is InChI=1S/C27H28N2O4/c1-28-21(16-20-5-3-4-6-23(20)28)18-29-13-11-27(12-14-29)17-24(30)22-15-19(7-9-25(22)33-27)8-10-26(31)32-2/h3-10,15-16H,11-14,17-18H2,1-2H3. The van der Waals surface area contributed by atoms with Gasteiger partial charge in [-0.1, -0.05) is 24.3 Å². The van der Waals surface area contributed by atoms with Crippen LogP contribution in [0, 0.1) is 0 Å². The molecule has 0 radical (unpaired) electrons. The maximum Gasteiger partial charge on any atom is 0.330 e. The number of likely N-dealkylation sites (tertiary alicyclic amines) is 1. The molecule has 1 spiro atoms. The molecule has 0 aliphatic carbocycles. The summed E-state index contributed by atoms with van der Waals surface area (Å²) >= 11 is 0. The lowest BCUT2D eigenvalue weighted by Crippen LogP contribution is -2.50. The molecule has 0 saturated carbocycles. The second-order valence-corrected chi connectivity index (χ2v) is 9.03. The first-order valence-corrected chi connectivity index (χ1v) is 11.3. The summed E-state index contributed by atoms with van der Waals surface area (Å²) < 4.78 is 13.3. The predicted octanol–water partition coefficient (Wildman–Crippen LogP) is 4.36. The molecular weight excluding hydrogens is 416 g/mol. The number of para-hydroxylation sites is 1. The average molecular weight is 445 g/mol. The molecule has 0 bridgehead atoms. The molecule has 2 aromatic carbocycles. The van der Waals surface area contributed by atoms with E-state index in [0.29, 0.717) is 17.7 Å². The summed E-state index contributed by atoms with van der Waals surface area (Å²) in [6.07, 6.45) is 5.04. The van der Waals surface area contributed by atoms with Gasteiger partial charge in [-0.25, -0.2) is 4.79 Å². The molecule has 3 heterocycles. The fourth-order valence-corrected chi connectivity index (χ4v) is 4.97. The second-order valence-electron chi connectivity index (χ2n) is 9.03. The number of esters is 1. The van der Waals surface area contributed by atoms with E-state index < -0.39 is 11.6 Å². The third-order valence-electron chi connectivity index (χ3n) is 6.93. The molecule has 0 N–H and O–H groups in total. The van der Waals surface area contributed by atoms with Crippen molar-refractivity contribution in [3.05, 3.63) is 71.4 Å². The minimum atomic E-state index is -0.428. The van der Waals surface area contributed by atoms with Crippen LogP contribution < -0.4 is 4.74 Å². The molecule has 6 heteroatoms. The smallest absolute Gasteiger partial charge is 0.330 e. The van der Waals surface area contributed by atoms with Gasteiger partial charge in [0.25, 0.3) is 0 Å². The fourth-order valence-electron chi connectivity index (χ4n) is 4.97. The first-order chi connectivity index (χ1) is 16.0.